The van der Waals surface area contributed by atoms with Gasteiger partial charge in [-0.05, 0) is 46.5 Å². The highest BCUT2D eigenvalue weighted by molar-refractivity contribution is 9.11. The number of nitrogens with zero attached hydrogens (tertiary/aromatic N) is 2. The second-order valence-electron chi connectivity index (χ2n) is 6.79. The molecular weight excluding hydrogens is 436 g/mol. The molecule has 0 amide bonds. The smallest absolute Gasteiger partial charge is 0.250 e. The van der Waals surface area contributed by atoms with Gasteiger partial charge in [0.25, 0.3) is 5.56 Å². The molecule has 24 heavy (non-hydrogen) atoms. The molecular formula is C18H18Br2N2O2. The van der Waals surface area contributed by atoms with E-state index >= 15 is 0 Å². The predicted molar refractivity (Wildman–Crippen MR) is 100 cm³/mol. The van der Waals surface area contributed by atoms with Crippen LogP contribution < -0.4 is 5.56 Å². The molecule has 1 fully saturated rings. The van der Waals surface area contributed by atoms with Crippen LogP contribution >= 0.6 is 31.9 Å². The molecule has 0 saturated carbocycles. The first-order valence-corrected chi connectivity index (χ1v) is 9.69. The number of pyridine rings is 1. The van der Waals surface area contributed by atoms with Gasteiger partial charge in [-0.15, -0.1) is 0 Å². The van der Waals surface area contributed by atoms with E-state index in [0.717, 1.165) is 41.8 Å². The van der Waals surface area contributed by atoms with Gasteiger partial charge in [0.15, 0.2) is 0 Å². The molecule has 2 aliphatic rings. The van der Waals surface area contributed by atoms with Gasteiger partial charge in [-0.25, -0.2) is 0 Å². The van der Waals surface area contributed by atoms with Gasteiger partial charge in [0.05, 0.1) is 4.47 Å². The SMILES string of the molecule is O=c1cccc2n1CC1CC2CN(Cc2cc(Br)cc(Br)c2O)C1. The van der Waals surface area contributed by atoms with Crippen molar-refractivity contribution in [3.8, 4) is 5.75 Å². The van der Waals surface area contributed by atoms with Crippen molar-refractivity contribution in [1.82, 2.24) is 9.47 Å². The Morgan fingerprint density at radius 2 is 2.00 bits per heavy atom. The summed E-state index contributed by atoms with van der Waals surface area (Å²) < 4.78 is 3.61. The molecule has 3 heterocycles. The summed E-state index contributed by atoms with van der Waals surface area (Å²) in [6.07, 6.45) is 1.15. The minimum atomic E-state index is 0.115. The average molecular weight is 454 g/mol. The zero-order chi connectivity index (χ0) is 16.8. The normalized spacial score (nSPS) is 23.1. The molecule has 4 nitrogen and oxygen atoms in total. The Morgan fingerprint density at radius 3 is 2.83 bits per heavy atom. The molecule has 2 aromatic rings. The van der Waals surface area contributed by atoms with Crippen molar-refractivity contribution in [2.75, 3.05) is 13.1 Å². The lowest BCUT2D eigenvalue weighted by atomic mass is 9.83. The number of phenolic OH excluding ortho intramolecular Hbond substituents is 1. The van der Waals surface area contributed by atoms with Gasteiger partial charge in [0, 0.05) is 53.9 Å². The minimum absolute atomic E-state index is 0.115. The van der Waals surface area contributed by atoms with Crippen molar-refractivity contribution in [1.29, 1.82) is 0 Å². The number of aromatic nitrogens is 1. The fraction of sp³-hybridized carbons (Fsp3) is 0.389. The van der Waals surface area contributed by atoms with Crippen molar-refractivity contribution in [2.24, 2.45) is 5.92 Å². The van der Waals surface area contributed by atoms with Crippen LogP contribution in [0.5, 0.6) is 5.75 Å². The topological polar surface area (TPSA) is 45.5 Å². The van der Waals surface area contributed by atoms with Gasteiger partial charge in [-0.1, -0.05) is 22.0 Å². The maximum Gasteiger partial charge on any atom is 0.250 e. The van der Waals surface area contributed by atoms with E-state index in [9.17, 15) is 9.90 Å². The van der Waals surface area contributed by atoms with Crippen LogP contribution in [0.1, 0.15) is 23.6 Å². The molecule has 0 radical (unpaired) electrons. The average Bonchev–Trinajstić information content (AvgIpc) is 2.53. The van der Waals surface area contributed by atoms with E-state index < -0.39 is 0 Å². The molecule has 2 unspecified atom stereocenters. The Morgan fingerprint density at radius 1 is 1.17 bits per heavy atom. The van der Waals surface area contributed by atoms with Crippen LogP contribution in [0.3, 0.4) is 0 Å². The van der Waals surface area contributed by atoms with Crippen LogP contribution in [-0.4, -0.2) is 27.7 Å². The molecule has 1 aromatic carbocycles. The Kier molecular flexibility index (Phi) is 4.31. The highest BCUT2D eigenvalue weighted by atomic mass is 79.9. The summed E-state index contributed by atoms with van der Waals surface area (Å²) in [5.41, 5.74) is 2.19. The van der Waals surface area contributed by atoms with E-state index in [1.807, 2.05) is 22.8 Å². The van der Waals surface area contributed by atoms with Gasteiger partial charge < -0.3 is 9.67 Å². The van der Waals surface area contributed by atoms with E-state index in [4.69, 9.17) is 0 Å². The van der Waals surface area contributed by atoms with E-state index in [2.05, 4.69) is 42.8 Å². The molecule has 2 bridgehead atoms. The molecule has 4 rings (SSSR count). The Labute approximate surface area is 157 Å². The summed E-state index contributed by atoms with van der Waals surface area (Å²) >= 11 is 6.90. The maximum absolute atomic E-state index is 12.1. The largest absolute Gasteiger partial charge is 0.506 e. The fourth-order valence-corrected chi connectivity index (χ4v) is 5.42. The first kappa shape index (κ1) is 16.4. The second kappa shape index (κ2) is 6.32. The Bertz CT molecular complexity index is 849. The third-order valence-corrected chi connectivity index (χ3v) is 6.12. The number of hydrogen-bond donors (Lipinski definition) is 1. The number of benzene rings is 1. The highest BCUT2D eigenvalue weighted by Gasteiger charge is 2.34. The van der Waals surface area contributed by atoms with Crippen molar-refractivity contribution in [2.45, 2.75) is 25.4 Å². The zero-order valence-electron chi connectivity index (χ0n) is 13.1. The third-order valence-electron chi connectivity index (χ3n) is 5.06. The number of fused-ring (bicyclic) bond motifs is 4. The quantitative estimate of drug-likeness (QED) is 0.753. The summed E-state index contributed by atoms with van der Waals surface area (Å²) in [5, 5.41) is 10.3. The van der Waals surface area contributed by atoms with Crippen LogP contribution in [0.15, 0.2) is 44.1 Å². The summed E-state index contributed by atoms with van der Waals surface area (Å²) in [4.78, 5) is 14.5. The van der Waals surface area contributed by atoms with Gasteiger partial charge >= 0.3 is 0 Å². The number of rotatable bonds is 2. The lowest BCUT2D eigenvalue weighted by Gasteiger charge is -2.42. The Hall–Kier alpha value is -1.11. The van der Waals surface area contributed by atoms with Crippen molar-refractivity contribution < 1.29 is 5.11 Å². The maximum atomic E-state index is 12.1. The van der Waals surface area contributed by atoms with Crippen LogP contribution in [0, 0.1) is 5.92 Å². The first-order chi connectivity index (χ1) is 11.5. The predicted octanol–water partition coefficient (Wildman–Crippen LogP) is 3.70. The van der Waals surface area contributed by atoms with Gasteiger partial charge in [0.1, 0.15) is 5.75 Å². The van der Waals surface area contributed by atoms with Gasteiger partial charge in [-0.3, -0.25) is 9.69 Å². The zero-order valence-corrected chi connectivity index (χ0v) is 16.3. The van der Waals surface area contributed by atoms with Gasteiger partial charge in [0.2, 0.25) is 0 Å². The van der Waals surface area contributed by atoms with E-state index in [0.29, 0.717) is 28.6 Å². The number of halogens is 2. The molecule has 1 aromatic heterocycles. The molecule has 1 saturated heterocycles. The minimum Gasteiger partial charge on any atom is -0.506 e. The van der Waals surface area contributed by atoms with Crippen molar-refractivity contribution in [3.63, 3.8) is 0 Å². The summed E-state index contributed by atoms with van der Waals surface area (Å²) in [5.74, 6) is 1.20. The molecule has 6 heteroatoms. The summed E-state index contributed by atoms with van der Waals surface area (Å²) in [7, 11) is 0. The number of likely N-dealkylation sites (tertiary alicyclic amines) is 1. The molecule has 2 atom stereocenters. The van der Waals surface area contributed by atoms with Crippen LogP contribution in [0.25, 0.3) is 0 Å². The number of phenols is 1. The molecule has 0 aliphatic carbocycles. The fourth-order valence-electron chi connectivity index (χ4n) is 4.11. The van der Waals surface area contributed by atoms with E-state index in [1.165, 1.54) is 0 Å². The Balaban J connectivity index is 1.60. The molecule has 1 N–H and O–H groups in total. The highest BCUT2D eigenvalue weighted by Crippen LogP contribution is 2.37. The molecule has 126 valence electrons. The third kappa shape index (κ3) is 2.95. The summed E-state index contributed by atoms with van der Waals surface area (Å²) in [6.45, 7) is 3.40. The second-order valence-corrected chi connectivity index (χ2v) is 8.56. The van der Waals surface area contributed by atoms with Crippen LogP contribution in [0.4, 0.5) is 0 Å². The van der Waals surface area contributed by atoms with Gasteiger partial charge in [-0.2, -0.15) is 0 Å². The lowest BCUT2D eigenvalue weighted by molar-refractivity contribution is 0.113. The lowest BCUT2D eigenvalue weighted by Crippen LogP contribution is -2.46. The monoisotopic (exact) mass is 452 g/mol. The van der Waals surface area contributed by atoms with Crippen LogP contribution in [-0.2, 0) is 13.1 Å². The standard InChI is InChI=1S/C18H18Br2N2O2/c19-14-5-13(18(24)15(20)6-14)10-21-7-11-4-12(9-21)16-2-1-3-17(23)22(16)8-11/h1-3,5-6,11-12,24H,4,7-10H2. The van der Waals surface area contributed by atoms with Crippen LogP contribution in [0.2, 0.25) is 0 Å². The van der Waals surface area contributed by atoms with Crippen molar-refractivity contribution >= 4 is 31.9 Å². The molecule has 2 aliphatic heterocycles. The number of hydrogen-bond acceptors (Lipinski definition) is 3. The van der Waals surface area contributed by atoms with Crippen molar-refractivity contribution in [3.05, 3.63) is 60.9 Å². The number of piperidine rings is 1. The van der Waals surface area contributed by atoms with E-state index in [1.54, 1.807) is 6.07 Å². The number of aromatic hydroxyl groups is 1. The van der Waals surface area contributed by atoms with E-state index in [-0.39, 0.29) is 5.56 Å². The molecule has 0 spiro atoms. The first-order valence-electron chi connectivity index (χ1n) is 8.10. The summed E-state index contributed by atoms with van der Waals surface area (Å²) in [6, 6.07) is 9.43.